The zero-order valence-corrected chi connectivity index (χ0v) is 15.6. The molecule has 4 rings (SSSR count). The molecule has 0 saturated carbocycles. The molecule has 3 aromatic rings. The molecule has 7 nitrogen and oxygen atoms in total. The van der Waals surface area contributed by atoms with Crippen LogP contribution in [0.2, 0.25) is 0 Å². The third kappa shape index (κ3) is 3.12. The van der Waals surface area contributed by atoms with E-state index in [1.165, 1.54) is 7.11 Å². The molecule has 0 fully saturated rings. The van der Waals surface area contributed by atoms with Crippen LogP contribution in [-0.2, 0) is 6.54 Å². The van der Waals surface area contributed by atoms with Gasteiger partial charge >= 0.3 is 0 Å². The highest BCUT2D eigenvalue weighted by Crippen LogP contribution is 2.30. The molecule has 1 aromatic heterocycles. The normalized spacial score (nSPS) is 12.7. The lowest BCUT2D eigenvalue weighted by molar-refractivity contribution is 0.102. The van der Waals surface area contributed by atoms with Crippen LogP contribution in [0.5, 0.6) is 11.5 Å². The number of methoxy groups -OCH3 is 2. The highest BCUT2D eigenvalue weighted by Gasteiger charge is 2.18. The fourth-order valence-corrected chi connectivity index (χ4v) is 3.94. The van der Waals surface area contributed by atoms with Crippen molar-refractivity contribution in [3.8, 4) is 11.5 Å². The molecule has 1 aliphatic heterocycles. The fraction of sp³-hybridized carbons (Fsp3) is 0.211. The first-order valence-corrected chi connectivity index (χ1v) is 9.30. The maximum Gasteiger partial charge on any atom is 0.262 e. The lowest BCUT2D eigenvalue weighted by atomic mass is 10.1. The Hall–Kier alpha value is -3.00. The largest absolute Gasteiger partial charge is 0.493 e. The predicted molar refractivity (Wildman–Crippen MR) is 104 cm³/mol. The standard InChI is InChI=1S/C19H17N3O4S/c1-25-15-6-4-12(10-16(15)26-2)20-17(23)11-3-5-13-14(9-11)21-19-22(18(13)24)7-8-27-19/h3-6,9-10H,7-8H2,1-2H3,(H,20,23). The number of hydrogen-bond acceptors (Lipinski definition) is 6. The second-order valence-corrected chi connectivity index (χ2v) is 7.02. The first-order valence-electron chi connectivity index (χ1n) is 8.31. The van der Waals surface area contributed by atoms with Crippen molar-refractivity contribution in [3.05, 3.63) is 52.3 Å². The van der Waals surface area contributed by atoms with Crippen LogP contribution in [0.15, 0.2) is 46.3 Å². The minimum absolute atomic E-state index is 0.0631. The summed E-state index contributed by atoms with van der Waals surface area (Å²) in [6.45, 7) is 0.670. The van der Waals surface area contributed by atoms with Crippen LogP contribution >= 0.6 is 11.8 Å². The number of fused-ring (bicyclic) bond motifs is 2. The second kappa shape index (κ2) is 6.96. The van der Waals surface area contributed by atoms with Gasteiger partial charge < -0.3 is 14.8 Å². The van der Waals surface area contributed by atoms with Crippen LogP contribution in [0.3, 0.4) is 0 Å². The van der Waals surface area contributed by atoms with Gasteiger partial charge in [0.2, 0.25) is 0 Å². The summed E-state index contributed by atoms with van der Waals surface area (Å²) in [5, 5.41) is 4.04. The minimum atomic E-state index is -0.292. The van der Waals surface area contributed by atoms with Crippen molar-refractivity contribution in [2.75, 3.05) is 25.3 Å². The summed E-state index contributed by atoms with van der Waals surface area (Å²) in [6.07, 6.45) is 0. The number of amides is 1. The smallest absolute Gasteiger partial charge is 0.262 e. The first-order chi connectivity index (χ1) is 13.1. The lowest BCUT2D eigenvalue weighted by Crippen LogP contribution is -2.21. The molecule has 0 spiro atoms. The van der Waals surface area contributed by atoms with E-state index in [1.807, 2.05) is 0 Å². The van der Waals surface area contributed by atoms with Gasteiger partial charge in [-0.05, 0) is 30.3 Å². The van der Waals surface area contributed by atoms with Crippen LogP contribution in [0.4, 0.5) is 5.69 Å². The summed E-state index contributed by atoms with van der Waals surface area (Å²) in [6, 6.07) is 10.1. The van der Waals surface area contributed by atoms with Gasteiger partial charge in [0.15, 0.2) is 16.7 Å². The van der Waals surface area contributed by atoms with Gasteiger partial charge in [0.1, 0.15) is 0 Å². The van der Waals surface area contributed by atoms with Crippen LogP contribution < -0.4 is 20.3 Å². The second-order valence-electron chi connectivity index (χ2n) is 5.96. The number of ether oxygens (including phenoxy) is 2. The zero-order chi connectivity index (χ0) is 19.0. The Kier molecular flexibility index (Phi) is 4.49. The molecule has 27 heavy (non-hydrogen) atoms. The quantitative estimate of drug-likeness (QED) is 0.698. The zero-order valence-electron chi connectivity index (χ0n) is 14.8. The van der Waals surface area contributed by atoms with Crippen molar-refractivity contribution in [2.45, 2.75) is 11.7 Å². The number of carbonyl (C=O) groups is 1. The molecule has 0 aliphatic carbocycles. The highest BCUT2D eigenvalue weighted by molar-refractivity contribution is 7.99. The van der Waals surface area contributed by atoms with Gasteiger partial charge in [-0.15, -0.1) is 0 Å². The summed E-state index contributed by atoms with van der Waals surface area (Å²) >= 11 is 1.55. The number of aromatic nitrogens is 2. The van der Waals surface area contributed by atoms with E-state index in [0.29, 0.717) is 45.4 Å². The van der Waals surface area contributed by atoms with E-state index in [0.717, 1.165) is 5.75 Å². The van der Waals surface area contributed by atoms with Crippen molar-refractivity contribution in [1.82, 2.24) is 9.55 Å². The van der Waals surface area contributed by atoms with Crippen LogP contribution in [0.25, 0.3) is 10.9 Å². The Morgan fingerprint density at radius 2 is 1.96 bits per heavy atom. The molecule has 0 saturated heterocycles. The van der Waals surface area contributed by atoms with Crippen LogP contribution in [-0.4, -0.2) is 35.4 Å². The number of nitrogens with one attached hydrogen (secondary N) is 1. The topological polar surface area (TPSA) is 82.5 Å². The van der Waals surface area contributed by atoms with Gasteiger partial charge in [-0.3, -0.25) is 14.2 Å². The van der Waals surface area contributed by atoms with Crippen molar-refractivity contribution in [1.29, 1.82) is 0 Å². The number of nitrogens with zero attached hydrogens (tertiary/aromatic N) is 2. The molecule has 2 heterocycles. The van der Waals surface area contributed by atoms with Crippen LogP contribution in [0, 0.1) is 0 Å². The summed E-state index contributed by atoms with van der Waals surface area (Å²) in [5.74, 6) is 1.65. The number of benzene rings is 2. The Morgan fingerprint density at radius 3 is 2.74 bits per heavy atom. The van der Waals surface area contributed by atoms with E-state index in [9.17, 15) is 9.59 Å². The number of thioether (sulfide) groups is 1. The van der Waals surface area contributed by atoms with Gasteiger partial charge in [0.25, 0.3) is 11.5 Å². The number of hydrogen-bond donors (Lipinski definition) is 1. The molecule has 0 unspecified atom stereocenters. The molecule has 2 aromatic carbocycles. The Labute approximate surface area is 159 Å². The number of carbonyl (C=O) groups excluding carboxylic acids is 1. The molecular formula is C19H17N3O4S. The van der Waals surface area contributed by atoms with Crippen molar-refractivity contribution >= 4 is 34.3 Å². The van der Waals surface area contributed by atoms with Gasteiger partial charge in [0.05, 0.1) is 25.1 Å². The fourth-order valence-electron chi connectivity index (χ4n) is 2.99. The minimum Gasteiger partial charge on any atom is -0.493 e. The molecule has 0 radical (unpaired) electrons. The van der Waals surface area contributed by atoms with E-state index < -0.39 is 0 Å². The lowest BCUT2D eigenvalue weighted by Gasteiger charge is -2.11. The summed E-state index contributed by atoms with van der Waals surface area (Å²) in [5.41, 5.74) is 1.47. The SMILES string of the molecule is COc1ccc(NC(=O)c2ccc3c(=O)n4c(nc3c2)SCC4)cc1OC. The van der Waals surface area contributed by atoms with E-state index in [4.69, 9.17) is 9.47 Å². The third-order valence-electron chi connectivity index (χ3n) is 4.37. The Bertz CT molecular complexity index is 1110. The van der Waals surface area contributed by atoms with Gasteiger partial charge in [-0.2, -0.15) is 0 Å². The maximum absolute atomic E-state index is 12.6. The average molecular weight is 383 g/mol. The van der Waals surface area contributed by atoms with Gasteiger partial charge in [0, 0.05) is 29.6 Å². The molecule has 138 valence electrons. The van der Waals surface area contributed by atoms with E-state index in [1.54, 1.807) is 59.8 Å². The molecule has 1 N–H and O–H groups in total. The monoisotopic (exact) mass is 383 g/mol. The van der Waals surface area contributed by atoms with E-state index in [-0.39, 0.29) is 11.5 Å². The summed E-state index contributed by atoms with van der Waals surface area (Å²) in [4.78, 5) is 29.7. The Balaban J connectivity index is 1.65. The van der Waals surface area contributed by atoms with Crippen molar-refractivity contribution in [3.63, 3.8) is 0 Å². The van der Waals surface area contributed by atoms with Gasteiger partial charge in [-0.25, -0.2) is 4.98 Å². The molecule has 1 aliphatic rings. The summed E-state index contributed by atoms with van der Waals surface area (Å²) in [7, 11) is 3.09. The number of rotatable bonds is 4. The van der Waals surface area contributed by atoms with Crippen molar-refractivity contribution in [2.24, 2.45) is 0 Å². The number of anilines is 1. The highest BCUT2D eigenvalue weighted by atomic mass is 32.2. The first kappa shape index (κ1) is 17.4. The van der Waals surface area contributed by atoms with Gasteiger partial charge in [-0.1, -0.05) is 11.8 Å². The molecule has 0 atom stereocenters. The Morgan fingerprint density at radius 1 is 1.15 bits per heavy atom. The summed E-state index contributed by atoms with van der Waals surface area (Å²) < 4.78 is 12.1. The van der Waals surface area contributed by atoms with E-state index in [2.05, 4.69) is 10.3 Å². The third-order valence-corrected chi connectivity index (χ3v) is 5.33. The molecular weight excluding hydrogens is 366 g/mol. The average Bonchev–Trinajstić information content (AvgIpc) is 3.16. The van der Waals surface area contributed by atoms with Crippen LogP contribution in [0.1, 0.15) is 10.4 Å². The predicted octanol–water partition coefficient (Wildman–Crippen LogP) is 2.77. The molecule has 8 heteroatoms. The van der Waals surface area contributed by atoms with E-state index >= 15 is 0 Å². The maximum atomic E-state index is 12.6. The molecule has 1 amide bonds. The van der Waals surface area contributed by atoms with Crippen molar-refractivity contribution < 1.29 is 14.3 Å². The molecule has 0 bridgehead atoms.